The van der Waals surface area contributed by atoms with Gasteiger partial charge in [-0.1, -0.05) is 13.0 Å². The molecule has 19 heavy (non-hydrogen) atoms. The van der Waals surface area contributed by atoms with Crippen molar-refractivity contribution in [3.8, 4) is 5.75 Å². The van der Waals surface area contributed by atoms with E-state index in [-0.39, 0.29) is 11.9 Å². The maximum Gasteiger partial charge on any atom is 0.131 e. The Morgan fingerprint density at radius 3 is 2.95 bits per heavy atom. The number of nitrogens with one attached hydrogen (secondary N) is 1. The van der Waals surface area contributed by atoms with Gasteiger partial charge in [-0.3, -0.25) is 0 Å². The third-order valence-electron chi connectivity index (χ3n) is 3.63. The SMILES string of the molecule is CCNC(c1ccc(OC)cc1F)C1CCCOC1. The fourth-order valence-electron chi connectivity index (χ4n) is 2.67. The number of hydrogen-bond donors (Lipinski definition) is 1. The van der Waals surface area contributed by atoms with Crippen molar-refractivity contribution in [3.63, 3.8) is 0 Å². The van der Waals surface area contributed by atoms with Crippen molar-refractivity contribution < 1.29 is 13.9 Å². The van der Waals surface area contributed by atoms with Crippen molar-refractivity contribution in [2.24, 2.45) is 5.92 Å². The van der Waals surface area contributed by atoms with Crippen LogP contribution in [-0.2, 0) is 4.74 Å². The summed E-state index contributed by atoms with van der Waals surface area (Å²) in [6, 6.07) is 5.09. The fraction of sp³-hybridized carbons (Fsp3) is 0.600. The van der Waals surface area contributed by atoms with Gasteiger partial charge in [-0.25, -0.2) is 4.39 Å². The van der Waals surface area contributed by atoms with Gasteiger partial charge in [-0.2, -0.15) is 0 Å². The molecule has 2 rings (SSSR count). The smallest absolute Gasteiger partial charge is 0.131 e. The molecule has 1 N–H and O–H groups in total. The van der Waals surface area contributed by atoms with Crippen LogP contribution in [0, 0.1) is 11.7 Å². The van der Waals surface area contributed by atoms with E-state index in [1.165, 1.54) is 6.07 Å². The zero-order valence-electron chi connectivity index (χ0n) is 11.6. The van der Waals surface area contributed by atoms with Crippen molar-refractivity contribution in [2.75, 3.05) is 26.9 Å². The van der Waals surface area contributed by atoms with E-state index in [9.17, 15) is 4.39 Å². The molecule has 1 aromatic rings. The molecular weight excluding hydrogens is 245 g/mol. The minimum absolute atomic E-state index is 0.0104. The summed E-state index contributed by atoms with van der Waals surface area (Å²) in [5, 5.41) is 3.39. The van der Waals surface area contributed by atoms with Crippen LogP contribution in [0.2, 0.25) is 0 Å². The number of benzene rings is 1. The third kappa shape index (κ3) is 3.45. The molecule has 0 aromatic heterocycles. The fourth-order valence-corrected chi connectivity index (χ4v) is 2.67. The van der Waals surface area contributed by atoms with Gasteiger partial charge in [0.25, 0.3) is 0 Å². The first-order valence-corrected chi connectivity index (χ1v) is 6.90. The predicted octanol–water partition coefficient (Wildman–Crippen LogP) is 2.91. The van der Waals surface area contributed by atoms with E-state index in [1.807, 2.05) is 19.1 Å². The lowest BCUT2D eigenvalue weighted by molar-refractivity contribution is 0.0387. The molecule has 1 aromatic carbocycles. The van der Waals surface area contributed by atoms with Crippen molar-refractivity contribution >= 4 is 0 Å². The summed E-state index contributed by atoms with van der Waals surface area (Å²) in [6.45, 7) is 4.37. The predicted molar refractivity (Wildman–Crippen MR) is 72.9 cm³/mol. The quantitative estimate of drug-likeness (QED) is 0.889. The van der Waals surface area contributed by atoms with Crippen molar-refractivity contribution in [1.82, 2.24) is 5.32 Å². The van der Waals surface area contributed by atoms with Crippen LogP contribution in [0.5, 0.6) is 5.75 Å². The van der Waals surface area contributed by atoms with Crippen LogP contribution in [0.3, 0.4) is 0 Å². The molecule has 0 amide bonds. The Balaban J connectivity index is 2.22. The molecule has 4 heteroatoms. The standard InChI is InChI=1S/C15H22FNO2/c1-3-17-15(11-5-4-8-19-10-11)13-7-6-12(18-2)9-14(13)16/h6-7,9,11,15,17H,3-5,8,10H2,1-2H3. The van der Waals surface area contributed by atoms with E-state index in [2.05, 4.69) is 5.32 Å². The summed E-state index contributed by atoms with van der Waals surface area (Å²) in [5.41, 5.74) is 0.707. The van der Waals surface area contributed by atoms with Gasteiger partial charge >= 0.3 is 0 Å². The monoisotopic (exact) mass is 267 g/mol. The summed E-state index contributed by atoms with van der Waals surface area (Å²) in [6.07, 6.45) is 2.12. The van der Waals surface area contributed by atoms with E-state index in [1.54, 1.807) is 7.11 Å². The van der Waals surface area contributed by atoms with E-state index in [0.29, 0.717) is 23.8 Å². The Morgan fingerprint density at radius 2 is 2.37 bits per heavy atom. The van der Waals surface area contributed by atoms with Gasteiger partial charge in [0.05, 0.1) is 13.7 Å². The van der Waals surface area contributed by atoms with Gasteiger partial charge in [0.1, 0.15) is 11.6 Å². The van der Waals surface area contributed by atoms with Crippen LogP contribution < -0.4 is 10.1 Å². The molecule has 1 saturated heterocycles. The maximum absolute atomic E-state index is 14.2. The Hall–Kier alpha value is -1.13. The topological polar surface area (TPSA) is 30.5 Å². The Bertz CT molecular complexity index is 405. The molecule has 0 bridgehead atoms. The van der Waals surface area contributed by atoms with Crippen molar-refractivity contribution in [1.29, 1.82) is 0 Å². The zero-order chi connectivity index (χ0) is 13.7. The molecule has 0 spiro atoms. The number of ether oxygens (including phenoxy) is 2. The van der Waals surface area contributed by atoms with Crippen LogP contribution in [0.4, 0.5) is 4.39 Å². The maximum atomic E-state index is 14.2. The van der Waals surface area contributed by atoms with Crippen LogP contribution in [0.15, 0.2) is 18.2 Å². The number of hydrogen-bond acceptors (Lipinski definition) is 3. The summed E-state index contributed by atoms with van der Waals surface area (Å²) in [5.74, 6) is 0.670. The Kier molecular flexibility index (Phi) is 5.16. The molecule has 1 aliphatic heterocycles. The van der Waals surface area contributed by atoms with Gasteiger partial charge in [-0.05, 0) is 25.5 Å². The minimum atomic E-state index is -0.212. The van der Waals surface area contributed by atoms with Crippen LogP contribution >= 0.6 is 0 Å². The minimum Gasteiger partial charge on any atom is -0.497 e. The van der Waals surface area contributed by atoms with E-state index in [4.69, 9.17) is 9.47 Å². The average molecular weight is 267 g/mol. The van der Waals surface area contributed by atoms with Gasteiger partial charge in [0.15, 0.2) is 0 Å². The molecule has 1 heterocycles. The second kappa shape index (κ2) is 6.87. The first-order chi connectivity index (χ1) is 9.26. The molecule has 1 fully saturated rings. The molecule has 2 unspecified atom stereocenters. The van der Waals surface area contributed by atoms with Gasteiger partial charge in [0.2, 0.25) is 0 Å². The summed E-state index contributed by atoms with van der Waals surface area (Å²) >= 11 is 0. The molecule has 0 radical (unpaired) electrons. The summed E-state index contributed by atoms with van der Waals surface area (Å²) < 4.78 is 24.8. The Morgan fingerprint density at radius 1 is 1.53 bits per heavy atom. The summed E-state index contributed by atoms with van der Waals surface area (Å²) in [4.78, 5) is 0. The molecular formula is C15H22FNO2. The van der Waals surface area contributed by atoms with Crippen LogP contribution in [0.25, 0.3) is 0 Å². The lowest BCUT2D eigenvalue weighted by atomic mass is 9.88. The van der Waals surface area contributed by atoms with Gasteiger partial charge in [0, 0.05) is 30.2 Å². The largest absolute Gasteiger partial charge is 0.497 e. The normalized spacial score (nSPS) is 21.1. The highest BCUT2D eigenvalue weighted by atomic mass is 19.1. The van der Waals surface area contributed by atoms with Crippen molar-refractivity contribution in [3.05, 3.63) is 29.6 Å². The van der Waals surface area contributed by atoms with Gasteiger partial charge < -0.3 is 14.8 Å². The average Bonchev–Trinajstić information content (AvgIpc) is 2.46. The summed E-state index contributed by atoms with van der Waals surface area (Å²) in [7, 11) is 1.55. The first kappa shape index (κ1) is 14.3. The molecule has 0 aliphatic carbocycles. The Labute approximate surface area is 114 Å². The van der Waals surface area contributed by atoms with Crippen LogP contribution in [0.1, 0.15) is 31.4 Å². The molecule has 3 nitrogen and oxygen atoms in total. The number of rotatable bonds is 5. The number of halogens is 1. The molecule has 1 aliphatic rings. The number of methoxy groups -OCH3 is 1. The second-order valence-corrected chi connectivity index (χ2v) is 4.90. The second-order valence-electron chi connectivity index (χ2n) is 4.90. The van der Waals surface area contributed by atoms with E-state index < -0.39 is 0 Å². The van der Waals surface area contributed by atoms with Crippen molar-refractivity contribution in [2.45, 2.75) is 25.8 Å². The molecule has 106 valence electrons. The van der Waals surface area contributed by atoms with Crippen LogP contribution in [-0.4, -0.2) is 26.9 Å². The lowest BCUT2D eigenvalue weighted by Gasteiger charge is -2.31. The first-order valence-electron chi connectivity index (χ1n) is 6.90. The van der Waals surface area contributed by atoms with E-state index in [0.717, 1.165) is 26.0 Å². The van der Waals surface area contributed by atoms with Gasteiger partial charge in [-0.15, -0.1) is 0 Å². The molecule has 0 saturated carbocycles. The highest BCUT2D eigenvalue weighted by Crippen LogP contribution is 2.31. The third-order valence-corrected chi connectivity index (χ3v) is 3.63. The highest BCUT2D eigenvalue weighted by Gasteiger charge is 2.27. The lowest BCUT2D eigenvalue weighted by Crippen LogP contribution is -2.33. The molecule has 2 atom stereocenters. The highest BCUT2D eigenvalue weighted by molar-refractivity contribution is 5.31. The zero-order valence-corrected chi connectivity index (χ0v) is 11.6. The van der Waals surface area contributed by atoms with E-state index >= 15 is 0 Å².